The molecule has 0 saturated carbocycles. The normalized spacial score (nSPS) is 17.1. The predicted molar refractivity (Wildman–Crippen MR) is 65.1 cm³/mol. The summed E-state index contributed by atoms with van der Waals surface area (Å²) >= 11 is 0. The average molecular weight is 258 g/mol. The van der Waals surface area contributed by atoms with Gasteiger partial charge in [-0.25, -0.2) is 4.79 Å². The maximum atomic E-state index is 11.7. The van der Waals surface area contributed by atoms with Crippen LogP contribution in [0.3, 0.4) is 0 Å². The molecule has 0 radical (unpaired) electrons. The van der Waals surface area contributed by atoms with Gasteiger partial charge in [0.25, 0.3) is 0 Å². The van der Waals surface area contributed by atoms with Gasteiger partial charge >= 0.3 is 5.97 Å². The number of phenolic OH excluding ortho intramolecular Hbond substituents is 3. The topological polar surface area (TPSA) is 87.0 Å². The Labute approximate surface area is 108 Å². The SMILES string of the molecule is O=C1OC(c2ccc(O)c(O)c2O)c2ccccc21. The molecule has 3 N–H and O–H groups in total. The lowest BCUT2D eigenvalue weighted by Gasteiger charge is -2.14. The van der Waals surface area contributed by atoms with Crippen LogP contribution < -0.4 is 0 Å². The van der Waals surface area contributed by atoms with Crippen molar-refractivity contribution in [3.05, 3.63) is 53.1 Å². The molecule has 19 heavy (non-hydrogen) atoms. The minimum atomic E-state index is -0.782. The zero-order valence-corrected chi connectivity index (χ0v) is 9.70. The molecule has 5 heteroatoms. The molecule has 3 rings (SSSR count). The molecule has 1 heterocycles. The zero-order valence-electron chi connectivity index (χ0n) is 9.70. The summed E-state index contributed by atoms with van der Waals surface area (Å²) in [5.41, 5.74) is 1.28. The highest BCUT2D eigenvalue weighted by Gasteiger charge is 2.34. The first-order chi connectivity index (χ1) is 9.09. The quantitative estimate of drug-likeness (QED) is 0.538. The van der Waals surface area contributed by atoms with E-state index in [1.54, 1.807) is 24.3 Å². The third-order valence-electron chi connectivity index (χ3n) is 3.13. The van der Waals surface area contributed by atoms with Crippen LogP contribution in [0.15, 0.2) is 36.4 Å². The van der Waals surface area contributed by atoms with Gasteiger partial charge in [-0.2, -0.15) is 0 Å². The summed E-state index contributed by atoms with van der Waals surface area (Å²) in [5.74, 6) is -2.03. The van der Waals surface area contributed by atoms with Crippen molar-refractivity contribution in [2.75, 3.05) is 0 Å². The molecule has 0 spiro atoms. The van der Waals surface area contributed by atoms with Gasteiger partial charge in [0.1, 0.15) is 0 Å². The number of rotatable bonds is 1. The van der Waals surface area contributed by atoms with Crippen LogP contribution in [0.25, 0.3) is 0 Å². The molecule has 2 aromatic carbocycles. The number of esters is 1. The van der Waals surface area contributed by atoms with E-state index in [2.05, 4.69) is 0 Å². The summed E-state index contributed by atoms with van der Waals surface area (Å²) in [6, 6.07) is 9.47. The van der Waals surface area contributed by atoms with Crippen molar-refractivity contribution in [2.24, 2.45) is 0 Å². The minimum absolute atomic E-state index is 0.230. The molecule has 2 aromatic rings. The summed E-state index contributed by atoms with van der Waals surface area (Å²) in [6.45, 7) is 0. The lowest BCUT2D eigenvalue weighted by Crippen LogP contribution is -2.01. The minimum Gasteiger partial charge on any atom is -0.504 e. The molecule has 0 amide bonds. The molecule has 1 aliphatic rings. The van der Waals surface area contributed by atoms with Gasteiger partial charge in [-0.1, -0.05) is 18.2 Å². The standard InChI is InChI=1S/C14H10O5/c15-10-6-5-9(11(16)12(10)17)13-7-3-1-2-4-8(7)14(18)19-13/h1-6,13,15-17H. The Balaban J connectivity index is 2.15. The smallest absolute Gasteiger partial charge is 0.339 e. The van der Waals surface area contributed by atoms with Crippen molar-refractivity contribution in [2.45, 2.75) is 6.10 Å². The lowest BCUT2D eigenvalue weighted by molar-refractivity contribution is 0.0452. The largest absolute Gasteiger partial charge is 0.504 e. The van der Waals surface area contributed by atoms with Gasteiger partial charge in [-0.05, 0) is 18.2 Å². The first kappa shape index (κ1) is 11.4. The molecule has 0 bridgehead atoms. The van der Waals surface area contributed by atoms with E-state index in [0.717, 1.165) is 0 Å². The number of carbonyl (C=O) groups excluding carboxylic acids is 1. The van der Waals surface area contributed by atoms with Crippen molar-refractivity contribution in [1.82, 2.24) is 0 Å². The van der Waals surface area contributed by atoms with Gasteiger partial charge < -0.3 is 20.1 Å². The van der Waals surface area contributed by atoms with E-state index in [9.17, 15) is 20.1 Å². The fraction of sp³-hybridized carbons (Fsp3) is 0.0714. The third-order valence-corrected chi connectivity index (χ3v) is 3.13. The maximum absolute atomic E-state index is 11.7. The molecule has 1 aliphatic heterocycles. The Morgan fingerprint density at radius 2 is 1.63 bits per heavy atom. The molecule has 5 nitrogen and oxygen atoms in total. The number of cyclic esters (lactones) is 1. The summed E-state index contributed by atoms with van der Waals surface area (Å²) in [4.78, 5) is 11.7. The second-order valence-corrected chi connectivity index (χ2v) is 4.24. The van der Waals surface area contributed by atoms with E-state index in [1.807, 2.05) is 0 Å². The summed E-state index contributed by atoms with van der Waals surface area (Å²) in [7, 11) is 0. The van der Waals surface area contributed by atoms with E-state index < -0.39 is 29.3 Å². The van der Waals surface area contributed by atoms with Gasteiger partial charge in [0, 0.05) is 11.1 Å². The predicted octanol–water partition coefficient (Wildman–Crippen LogP) is 2.06. The van der Waals surface area contributed by atoms with Gasteiger partial charge in [-0.15, -0.1) is 0 Å². The van der Waals surface area contributed by atoms with Gasteiger partial charge in [-0.3, -0.25) is 0 Å². The first-order valence-corrected chi connectivity index (χ1v) is 5.63. The number of hydrogen-bond donors (Lipinski definition) is 3. The van der Waals surface area contributed by atoms with Gasteiger partial charge in [0.05, 0.1) is 5.56 Å². The molecular weight excluding hydrogens is 248 g/mol. The van der Waals surface area contributed by atoms with E-state index in [4.69, 9.17) is 4.74 Å². The molecule has 96 valence electrons. The van der Waals surface area contributed by atoms with E-state index >= 15 is 0 Å². The van der Waals surface area contributed by atoms with Crippen LogP contribution >= 0.6 is 0 Å². The van der Waals surface area contributed by atoms with Crippen LogP contribution in [0.4, 0.5) is 0 Å². The number of hydrogen-bond acceptors (Lipinski definition) is 5. The Kier molecular flexibility index (Phi) is 2.35. The Bertz CT molecular complexity index is 678. The van der Waals surface area contributed by atoms with Crippen LogP contribution in [0, 0.1) is 0 Å². The Hall–Kier alpha value is -2.69. The molecule has 1 unspecified atom stereocenters. The first-order valence-electron chi connectivity index (χ1n) is 5.63. The van der Waals surface area contributed by atoms with Crippen molar-refractivity contribution < 1.29 is 24.9 Å². The van der Waals surface area contributed by atoms with Crippen molar-refractivity contribution >= 4 is 5.97 Å². The monoisotopic (exact) mass is 258 g/mol. The molecule has 0 aliphatic carbocycles. The van der Waals surface area contributed by atoms with Gasteiger partial charge in [0.15, 0.2) is 17.6 Å². The maximum Gasteiger partial charge on any atom is 0.339 e. The van der Waals surface area contributed by atoms with Crippen molar-refractivity contribution in [1.29, 1.82) is 0 Å². The molecular formula is C14H10O5. The third kappa shape index (κ3) is 1.59. The van der Waals surface area contributed by atoms with Crippen LogP contribution in [0.1, 0.15) is 27.6 Å². The number of aromatic hydroxyl groups is 3. The summed E-state index contributed by atoms with van der Waals surface area (Å²) < 4.78 is 5.20. The van der Waals surface area contributed by atoms with E-state index in [-0.39, 0.29) is 5.56 Å². The summed E-state index contributed by atoms with van der Waals surface area (Å²) in [6.07, 6.45) is -0.782. The average Bonchev–Trinajstić information content (AvgIpc) is 2.74. The van der Waals surface area contributed by atoms with Crippen molar-refractivity contribution in [3.63, 3.8) is 0 Å². The second kappa shape index (κ2) is 3.91. The second-order valence-electron chi connectivity index (χ2n) is 4.24. The molecule has 0 aromatic heterocycles. The molecule has 0 saturated heterocycles. The Morgan fingerprint density at radius 3 is 2.42 bits per heavy atom. The Morgan fingerprint density at radius 1 is 0.895 bits per heavy atom. The van der Waals surface area contributed by atoms with Crippen LogP contribution in [0.2, 0.25) is 0 Å². The van der Waals surface area contributed by atoms with Crippen LogP contribution in [0.5, 0.6) is 17.2 Å². The van der Waals surface area contributed by atoms with E-state index in [0.29, 0.717) is 11.1 Å². The molecule has 1 atom stereocenters. The number of benzene rings is 2. The fourth-order valence-electron chi connectivity index (χ4n) is 2.17. The molecule has 0 fully saturated rings. The van der Waals surface area contributed by atoms with Gasteiger partial charge in [0.2, 0.25) is 5.75 Å². The highest BCUT2D eigenvalue weighted by atomic mass is 16.5. The highest BCUT2D eigenvalue weighted by molar-refractivity contribution is 5.94. The number of fused-ring (bicyclic) bond motifs is 1. The van der Waals surface area contributed by atoms with Crippen LogP contribution in [-0.2, 0) is 4.74 Å². The number of carbonyl (C=O) groups is 1. The highest BCUT2D eigenvalue weighted by Crippen LogP contribution is 2.45. The fourth-order valence-corrected chi connectivity index (χ4v) is 2.17. The van der Waals surface area contributed by atoms with Crippen LogP contribution in [-0.4, -0.2) is 21.3 Å². The number of phenols is 3. The lowest BCUT2D eigenvalue weighted by atomic mass is 9.98. The van der Waals surface area contributed by atoms with Crippen molar-refractivity contribution in [3.8, 4) is 17.2 Å². The summed E-state index contributed by atoms with van der Waals surface area (Å²) in [5, 5.41) is 28.7. The number of ether oxygens (including phenoxy) is 1. The van der Waals surface area contributed by atoms with E-state index in [1.165, 1.54) is 12.1 Å². The zero-order chi connectivity index (χ0) is 13.6.